The van der Waals surface area contributed by atoms with Gasteiger partial charge < -0.3 is 14.4 Å². The molecule has 0 unspecified atom stereocenters. The number of halogens is 5. The lowest BCUT2D eigenvalue weighted by Crippen LogP contribution is -2.39. The van der Waals surface area contributed by atoms with Gasteiger partial charge in [0.15, 0.2) is 11.6 Å². The van der Waals surface area contributed by atoms with E-state index in [1.807, 2.05) is 0 Å². The highest BCUT2D eigenvalue weighted by molar-refractivity contribution is 7.87. The van der Waals surface area contributed by atoms with Gasteiger partial charge in [-0.25, -0.2) is 13.6 Å². The number of benzene rings is 3. The van der Waals surface area contributed by atoms with Gasteiger partial charge in [0, 0.05) is 24.3 Å². The highest BCUT2D eigenvalue weighted by Crippen LogP contribution is 2.31. The van der Waals surface area contributed by atoms with Gasteiger partial charge in [0.2, 0.25) is 0 Å². The second-order valence-corrected chi connectivity index (χ2v) is 9.53. The molecule has 6 nitrogen and oxygen atoms in total. The Kier molecular flexibility index (Phi) is 7.87. The van der Waals surface area contributed by atoms with Crippen molar-refractivity contribution in [2.24, 2.45) is 0 Å². The van der Waals surface area contributed by atoms with Crippen LogP contribution in [-0.2, 0) is 22.8 Å². The van der Waals surface area contributed by atoms with Crippen LogP contribution in [0, 0.1) is 11.6 Å². The van der Waals surface area contributed by atoms with Crippen LogP contribution in [0.25, 0.3) is 0 Å². The van der Waals surface area contributed by atoms with Crippen LogP contribution in [0.2, 0.25) is 0 Å². The maximum Gasteiger partial charge on any atom is 0.416 e. The van der Waals surface area contributed by atoms with Gasteiger partial charge in [0.25, 0.3) is 0 Å². The molecule has 3 aromatic carbocycles. The second kappa shape index (κ2) is 10.5. The van der Waals surface area contributed by atoms with Crippen molar-refractivity contribution in [3.63, 3.8) is 0 Å². The number of amides is 2. The third-order valence-electron chi connectivity index (χ3n) is 4.99. The van der Waals surface area contributed by atoms with Gasteiger partial charge in [-0.2, -0.15) is 21.6 Å². The maximum absolute atomic E-state index is 13.4. The first-order valence-electron chi connectivity index (χ1n) is 10.5. The van der Waals surface area contributed by atoms with Crippen LogP contribution < -0.4 is 9.50 Å². The maximum atomic E-state index is 13.4. The number of carbonyl (C=O) groups is 1. The number of nitrogens with zero attached hydrogens (tertiary/aromatic N) is 1. The lowest BCUT2D eigenvalue weighted by Gasteiger charge is -2.27. The molecule has 0 spiro atoms. The van der Waals surface area contributed by atoms with Crippen molar-refractivity contribution in [3.8, 4) is 5.75 Å². The summed E-state index contributed by atoms with van der Waals surface area (Å²) >= 11 is 0. The summed E-state index contributed by atoms with van der Waals surface area (Å²) < 4.78 is 95.1. The molecule has 1 N–H and O–H groups in total. The molecule has 0 aliphatic carbocycles. The van der Waals surface area contributed by atoms with E-state index in [0.717, 1.165) is 30.3 Å². The van der Waals surface area contributed by atoms with Crippen molar-refractivity contribution >= 4 is 21.8 Å². The number of hydrogen-bond acceptors (Lipinski definition) is 4. The minimum Gasteiger partial charge on any atom is -0.379 e. The highest BCUT2D eigenvalue weighted by Gasteiger charge is 2.32. The SMILES string of the molecule is CC(C)N(Cc1ccc(OS(=O)(=O)c2cccc(C(F)(F)F)c2)cc1)C(=O)Nc1ccc(F)c(F)c1. The van der Waals surface area contributed by atoms with Crippen molar-refractivity contribution in [2.75, 3.05) is 5.32 Å². The van der Waals surface area contributed by atoms with Crippen LogP contribution >= 0.6 is 0 Å². The van der Waals surface area contributed by atoms with Crippen molar-refractivity contribution in [2.45, 2.75) is 37.5 Å². The standard InChI is InChI=1S/C24H21F5N2O4S/c1-15(2)31(23(32)30-18-8-11-21(25)22(26)13-18)14-16-6-9-19(10-7-16)35-36(33,34)20-5-3-4-17(12-20)24(27,28)29/h3-13,15H,14H2,1-2H3,(H,30,32). The van der Waals surface area contributed by atoms with Crippen LogP contribution in [0.1, 0.15) is 25.0 Å². The molecule has 0 radical (unpaired) electrons. The Labute approximate surface area is 204 Å². The van der Waals surface area contributed by atoms with Gasteiger partial charge in [-0.15, -0.1) is 0 Å². The van der Waals surface area contributed by atoms with Crippen LogP contribution in [0.5, 0.6) is 5.75 Å². The summed E-state index contributed by atoms with van der Waals surface area (Å²) in [4.78, 5) is 13.4. The zero-order valence-electron chi connectivity index (χ0n) is 19.0. The molecule has 0 atom stereocenters. The molecule has 36 heavy (non-hydrogen) atoms. The first kappa shape index (κ1) is 26.9. The summed E-state index contributed by atoms with van der Waals surface area (Å²) in [6.07, 6.45) is -4.72. The molecule has 0 heterocycles. The van der Waals surface area contributed by atoms with Crippen LogP contribution in [-0.4, -0.2) is 25.4 Å². The minimum absolute atomic E-state index is 0.0631. The van der Waals surface area contributed by atoms with Crippen LogP contribution in [0.4, 0.5) is 32.4 Å². The van der Waals surface area contributed by atoms with Gasteiger partial charge in [-0.05, 0) is 61.9 Å². The number of urea groups is 1. The van der Waals surface area contributed by atoms with Gasteiger partial charge in [-0.3, -0.25) is 0 Å². The fraction of sp³-hybridized carbons (Fsp3) is 0.208. The lowest BCUT2D eigenvalue weighted by atomic mass is 10.2. The van der Waals surface area contributed by atoms with Gasteiger partial charge in [0.1, 0.15) is 10.6 Å². The summed E-state index contributed by atoms with van der Waals surface area (Å²) in [6, 6.07) is 10.8. The fourth-order valence-corrected chi connectivity index (χ4v) is 4.09. The molecule has 0 bridgehead atoms. The number of anilines is 1. The molecule has 0 aromatic heterocycles. The lowest BCUT2D eigenvalue weighted by molar-refractivity contribution is -0.137. The Balaban J connectivity index is 1.71. The quantitative estimate of drug-likeness (QED) is 0.293. The second-order valence-electron chi connectivity index (χ2n) is 7.99. The predicted molar refractivity (Wildman–Crippen MR) is 122 cm³/mol. The van der Waals surface area contributed by atoms with Crippen molar-refractivity contribution in [3.05, 3.63) is 89.5 Å². The Morgan fingerprint density at radius 2 is 1.64 bits per heavy atom. The molecule has 0 saturated carbocycles. The number of nitrogens with one attached hydrogen (secondary N) is 1. The average Bonchev–Trinajstić information content (AvgIpc) is 2.80. The summed E-state index contributed by atoms with van der Waals surface area (Å²) in [5.41, 5.74) is -0.487. The molecule has 3 aromatic rings. The van der Waals surface area contributed by atoms with E-state index in [1.165, 1.54) is 35.2 Å². The zero-order valence-corrected chi connectivity index (χ0v) is 19.8. The van der Waals surface area contributed by atoms with E-state index in [2.05, 4.69) is 5.32 Å². The van der Waals surface area contributed by atoms with Crippen molar-refractivity contribution < 1.29 is 39.3 Å². The van der Waals surface area contributed by atoms with Crippen molar-refractivity contribution in [1.82, 2.24) is 4.90 Å². The Morgan fingerprint density at radius 3 is 2.22 bits per heavy atom. The Morgan fingerprint density at radius 1 is 0.972 bits per heavy atom. The van der Waals surface area contributed by atoms with E-state index in [4.69, 9.17) is 4.18 Å². The molecule has 0 aliphatic rings. The van der Waals surface area contributed by atoms with Crippen LogP contribution in [0.15, 0.2) is 71.6 Å². The van der Waals surface area contributed by atoms with E-state index in [9.17, 15) is 35.2 Å². The van der Waals surface area contributed by atoms with Gasteiger partial charge >= 0.3 is 22.3 Å². The Bertz CT molecular complexity index is 1340. The first-order valence-corrected chi connectivity index (χ1v) is 11.9. The Hall–Kier alpha value is -3.67. The molecular weight excluding hydrogens is 507 g/mol. The van der Waals surface area contributed by atoms with E-state index in [0.29, 0.717) is 11.6 Å². The van der Waals surface area contributed by atoms with Gasteiger partial charge in [0.05, 0.1) is 5.56 Å². The zero-order chi connectivity index (χ0) is 26.7. The number of rotatable bonds is 7. The predicted octanol–water partition coefficient (Wildman–Crippen LogP) is 6.19. The van der Waals surface area contributed by atoms with E-state index >= 15 is 0 Å². The van der Waals surface area contributed by atoms with E-state index in [1.54, 1.807) is 13.8 Å². The summed E-state index contributed by atoms with van der Waals surface area (Å²) in [5.74, 6) is -2.30. The highest BCUT2D eigenvalue weighted by atomic mass is 32.2. The molecule has 0 saturated heterocycles. The molecule has 2 amide bonds. The summed E-state index contributed by atoms with van der Waals surface area (Å²) in [7, 11) is -4.53. The fourth-order valence-electron chi connectivity index (χ4n) is 3.11. The summed E-state index contributed by atoms with van der Waals surface area (Å²) in [6.45, 7) is 3.56. The molecule has 0 fully saturated rings. The first-order chi connectivity index (χ1) is 16.8. The average molecular weight is 528 g/mol. The summed E-state index contributed by atoms with van der Waals surface area (Å²) in [5, 5.41) is 2.48. The third-order valence-corrected chi connectivity index (χ3v) is 6.23. The normalized spacial score (nSPS) is 11.9. The molecule has 3 rings (SSSR count). The number of hydrogen-bond donors (Lipinski definition) is 1. The molecular formula is C24H21F5N2O4S. The smallest absolute Gasteiger partial charge is 0.379 e. The van der Waals surface area contributed by atoms with E-state index < -0.39 is 44.4 Å². The monoisotopic (exact) mass is 528 g/mol. The largest absolute Gasteiger partial charge is 0.416 e. The van der Waals surface area contributed by atoms with E-state index in [-0.39, 0.29) is 24.0 Å². The molecule has 12 heteroatoms. The topological polar surface area (TPSA) is 75.7 Å². The number of carbonyl (C=O) groups excluding carboxylic acids is 1. The third kappa shape index (κ3) is 6.72. The minimum atomic E-state index is -4.72. The van der Waals surface area contributed by atoms with Crippen molar-refractivity contribution in [1.29, 1.82) is 0 Å². The number of alkyl halides is 3. The van der Waals surface area contributed by atoms with Gasteiger partial charge in [-0.1, -0.05) is 18.2 Å². The van der Waals surface area contributed by atoms with Crippen LogP contribution in [0.3, 0.4) is 0 Å². The molecule has 0 aliphatic heterocycles. The molecule has 192 valence electrons.